The van der Waals surface area contributed by atoms with E-state index in [-0.39, 0.29) is 0 Å². The summed E-state index contributed by atoms with van der Waals surface area (Å²) in [6, 6.07) is 16.7. The van der Waals surface area contributed by atoms with E-state index in [9.17, 15) is 0 Å². The van der Waals surface area contributed by atoms with Crippen molar-refractivity contribution in [3.05, 3.63) is 70.2 Å². The summed E-state index contributed by atoms with van der Waals surface area (Å²) in [5.74, 6) is 0. The molecule has 0 saturated carbocycles. The Morgan fingerprint density at radius 1 is 1.05 bits per heavy atom. The molecule has 1 nitrogen and oxygen atoms in total. The van der Waals surface area contributed by atoms with Crippen LogP contribution >= 0.6 is 11.6 Å². The van der Waals surface area contributed by atoms with Crippen LogP contribution in [-0.2, 0) is 11.2 Å². The molecule has 1 unspecified atom stereocenters. The van der Waals surface area contributed by atoms with Crippen LogP contribution in [0.5, 0.6) is 0 Å². The topological polar surface area (TPSA) is 9.23 Å². The highest BCUT2D eigenvalue weighted by atomic mass is 35.5. The normalized spacial score (nSPS) is 18.7. The highest BCUT2D eigenvalue weighted by Gasteiger charge is 2.17. The van der Waals surface area contributed by atoms with Crippen molar-refractivity contribution in [3.8, 4) is 0 Å². The molecule has 0 aromatic heterocycles. The molecule has 1 aliphatic heterocycles. The van der Waals surface area contributed by atoms with Crippen molar-refractivity contribution in [3.63, 3.8) is 0 Å². The molecule has 0 N–H and O–H groups in total. The fourth-order valence-electron chi connectivity index (χ4n) is 2.55. The van der Waals surface area contributed by atoms with Gasteiger partial charge in [0.2, 0.25) is 0 Å². The maximum absolute atomic E-state index is 6.19. The van der Waals surface area contributed by atoms with Gasteiger partial charge in [0.1, 0.15) is 0 Å². The van der Waals surface area contributed by atoms with E-state index in [2.05, 4.69) is 30.3 Å². The maximum atomic E-state index is 6.19. The molecule has 0 amide bonds. The molecule has 0 bridgehead atoms. The first kappa shape index (κ1) is 12.7. The highest BCUT2D eigenvalue weighted by Crippen LogP contribution is 2.29. The molecular weight excluding hydrogens is 256 g/mol. The predicted molar refractivity (Wildman–Crippen MR) is 78.6 cm³/mol. The van der Waals surface area contributed by atoms with Crippen LogP contribution in [0.25, 0.3) is 0 Å². The van der Waals surface area contributed by atoms with Crippen LogP contribution in [0.3, 0.4) is 0 Å². The van der Waals surface area contributed by atoms with Crippen molar-refractivity contribution in [2.24, 2.45) is 0 Å². The second kappa shape index (κ2) is 5.77. The Morgan fingerprint density at radius 2 is 1.84 bits per heavy atom. The minimum Gasteiger partial charge on any atom is -0.374 e. The Morgan fingerprint density at radius 3 is 2.53 bits per heavy atom. The molecule has 98 valence electrons. The zero-order valence-corrected chi connectivity index (χ0v) is 11.6. The lowest BCUT2D eigenvalue weighted by Crippen LogP contribution is -1.96. The lowest BCUT2D eigenvalue weighted by Gasteiger charge is -2.10. The third-order valence-electron chi connectivity index (χ3n) is 3.63. The van der Waals surface area contributed by atoms with Crippen LogP contribution in [0.1, 0.15) is 35.6 Å². The van der Waals surface area contributed by atoms with E-state index >= 15 is 0 Å². The number of hydrogen-bond acceptors (Lipinski definition) is 1. The molecule has 1 saturated heterocycles. The van der Waals surface area contributed by atoms with Gasteiger partial charge in [-0.15, -0.1) is 0 Å². The minimum atomic E-state index is 0.300. The zero-order chi connectivity index (χ0) is 13.1. The summed E-state index contributed by atoms with van der Waals surface area (Å²) in [7, 11) is 0. The second-order valence-corrected chi connectivity index (χ2v) is 5.42. The van der Waals surface area contributed by atoms with Crippen molar-refractivity contribution in [1.29, 1.82) is 0 Å². The summed E-state index contributed by atoms with van der Waals surface area (Å²) < 4.78 is 5.70. The molecule has 0 spiro atoms. The Balaban J connectivity index is 1.74. The van der Waals surface area contributed by atoms with Gasteiger partial charge in [-0.25, -0.2) is 0 Å². The van der Waals surface area contributed by atoms with Crippen LogP contribution in [0, 0.1) is 0 Å². The zero-order valence-electron chi connectivity index (χ0n) is 10.8. The standard InChI is InChI=1S/C17H17ClO/c18-16-5-2-1-4-15(16)12-13-7-9-14(10-8-13)17-6-3-11-19-17/h1-2,4-5,7-10,17H,3,6,11-12H2. The number of benzene rings is 2. The molecule has 2 heteroatoms. The van der Waals surface area contributed by atoms with Gasteiger partial charge < -0.3 is 4.74 Å². The highest BCUT2D eigenvalue weighted by molar-refractivity contribution is 6.31. The van der Waals surface area contributed by atoms with Crippen LogP contribution in [0.15, 0.2) is 48.5 Å². The van der Waals surface area contributed by atoms with E-state index in [0.717, 1.165) is 24.5 Å². The first-order valence-electron chi connectivity index (χ1n) is 6.77. The molecule has 1 atom stereocenters. The largest absolute Gasteiger partial charge is 0.374 e. The summed E-state index contributed by atoms with van der Waals surface area (Å²) in [5, 5.41) is 0.839. The summed E-state index contributed by atoms with van der Waals surface area (Å²) in [6.07, 6.45) is 3.50. The van der Waals surface area contributed by atoms with Crippen molar-refractivity contribution in [1.82, 2.24) is 0 Å². The molecule has 1 fully saturated rings. The molecule has 0 radical (unpaired) electrons. The summed E-state index contributed by atoms with van der Waals surface area (Å²) in [6.45, 7) is 0.895. The summed E-state index contributed by atoms with van der Waals surface area (Å²) in [5.41, 5.74) is 3.75. The first-order chi connectivity index (χ1) is 9.33. The van der Waals surface area contributed by atoms with Crippen molar-refractivity contribution in [2.75, 3.05) is 6.61 Å². The van der Waals surface area contributed by atoms with Crippen LogP contribution < -0.4 is 0 Å². The van der Waals surface area contributed by atoms with Crippen LogP contribution in [0.2, 0.25) is 5.02 Å². The van der Waals surface area contributed by atoms with E-state index in [1.165, 1.54) is 23.1 Å². The van der Waals surface area contributed by atoms with Gasteiger partial charge in [-0.05, 0) is 42.0 Å². The van der Waals surface area contributed by atoms with Gasteiger partial charge in [0, 0.05) is 11.6 Å². The quantitative estimate of drug-likeness (QED) is 0.781. The second-order valence-electron chi connectivity index (χ2n) is 5.01. The van der Waals surface area contributed by atoms with Gasteiger partial charge in [-0.3, -0.25) is 0 Å². The number of hydrogen-bond donors (Lipinski definition) is 0. The Hall–Kier alpha value is -1.31. The molecule has 2 aromatic carbocycles. The molecule has 19 heavy (non-hydrogen) atoms. The summed E-state index contributed by atoms with van der Waals surface area (Å²) >= 11 is 6.19. The Bertz CT molecular complexity index is 541. The smallest absolute Gasteiger partial charge is 0.0825 e. The first-order valence-corrected chi connectivity index (χ1v) is 7.14. The molecule has 0 aliphatic carbocycles. The third-order valence-corrected chi connectivity index (χ3v) is 4.00. The molecular formula is C17H17ClO. The van der Waals surface area contributed by atoms with Crippen LogP contribution in [0.4, 0.5) is 0 Å². The van der Waals surface area contributed by atoms with E-state index in [4.69, 9.17) is 16.3 Å². The van der Waals surface area contributed by atoms with E-state index < -0.39 is 0 Å². The van der Waals surface area contributed by atoms with Crippen LogP contribution in [-0.4, -0.2) is 6.61 Å². The van der Waals surface area contributed by atoms with Gasteiger partial charge >= 0.3 is 0 Å². The number of ether oxygens (including phenoxy) is 1. The van der Waals surface area contributed by atoms with Crippen molar-refractivity contribution >= 4 is 11.6 Å². The lowest BCUT2D eigenvalue weighted by atomic mass is 10.0. The average molecular weight is 273 g/mol. The monoisotopic (exact) mass is 272 g/mol. The Kier molecular flexibility index (Phi) is 3.86. The molecule has 1 aliphatic rings. The molecule has 1 heterocycles. The molecule has 2 aromatic rings. The molecule has 3 rings (SSSR count). The third kappa shape index (κ3) is 2.99. The fraction of sp³-hybridized carbons (Fsp3) is 0.294. The van der Waals surface area contributed by atoms with E-state index in [1.54, 1.807) is 0 Å². The van der Waals surface area contributed by atoms with Gasteiger partial charge in [0.15, 0.2) is 0 Å². The predicted octanol–water partition coefficient (Wildman–Crippen LogP) is 4.78. The minimum absolute atomic E-state index is 0.300. The summed E-state index contributed by atoms with van der Waals surface area (Å²) in [4.78, 5) is 0. The number of halogens is 1. The van der Waals surface area contributed by atoms with Gasteiger partial charge in [-0.1, -0.05) is 54.1 Å². The average Bonchev–Trinajstić information content (AvgIpc) is 2.96. The lowest BCUT2D eigenvalue weighted by molar-refractivity contribution is 0.112. The van der Waals surface area contributed by atoms with E-state index in [0.29, 0.717) is 6.10 Å². The van der Waals surface area contributed by atoms with Gasteiger partial charge in [-0.2, -0.15) is 0 Å². The maximum Gasteiger partial charge on any atom is 0.0825 e. The van der Waals surface area contributed by atoms with Gasteiger partial charge in [0.05, 0.1) is 6.10 Å². The Labute approximate surface area is 119 Å². The SMILES string of the molecule is Clc1ccccc1Cc1ccc(C2CCCO2)cc1. The van der Waals surface area contributed by atoms with Gasteiger partial charge in [0.25, 0.3) is 0 Å². The van der Waals surface area contributed by atoms with Crippen molar-refractivity contribution in [2.45, 2.75) is 25.4 Å². The number of rotatable bonds is 3. The fourth-order valence-corrected chi connectivity index (χ4v) is 2.75. The van der Waals surface area contributed by atoms with E-state index in [1.807, 2.05) is 18.2 Å². The van der Waals surface area contributed by atoms with Crippen molar-refractivity contribution < 1.29 is 4.74 Å².